The zero-order chi connectivity index (χ0) is 6.81. The van der Waals surface area contributed by atoms with Crippen LogP contribution in [0.5, 0.6) is 0 Å². The minimum Gasteiger partial charge on any atom is -0.244 e. The number of hydrogen-bond donors (Lipinski definition) is 0. The quantitative estimate of drug-likeness (QED) is 0.513. The van der Waals surface area contributed by atoms with E-state index >= 15 is 0 Å². The van der Waals surface area contributed by atoms with Gasteiger partial charge in [-0.05, 0) is 0 Å². The molecule has 0 unspecified atom stereocenters. The van der Waals surface area contributed by atoms with Gasteiger partial charge in [0.05, 0.1) is 6.20 Å². The smallest absolute Gasteiger partial charge is 0.185 e. The molecule has 0 atom stereocenters. The van der Waals surface area contributed by atoms with Crippen molar-refractivity contribution in [1.29, 1.82) is 0 Å². The zero-order valence-corrected chi connectivity index (χ0v) is 5.02. The fraction of sp³-hybridized carbons (Fsp3) is 0. The Labute approximate surface area is 57.0 Å². The van der Waals surface area contributed by atoms with E-state index in [0.29, 0.717) is 5.65 Å². The molecule has 0 N–H and O–H groups in total. The minimum atomic E-state index is 0.581. The standard InChI is InChI=1S/C6H3N4/c1-2-9-10-6-5(1)3-7-4-8-6/h2-4H. The number of nitrogens with zero attached hydrogens (tertiary/aromatic N) is 4. The maximum Gasteiger partial charge on any atom is 0.185 e. The molecule has 0 saturated heterocycles. The topological polar surface area (TPSA) is 51.6 Å². The van der Waals surface area contributed by atoms with Crippen molar-refractivity contribution < 1.29 is 0 Å². The van der Waals surface area contributed by atoms with Gasteiger partial charge in [0.1, 0.15) is 6.33 Å². The molecular formula is C6H3N4. The van der Waals surface area contributed by atoms with E-state index in [4.69, 9.17) is 0 Å². The highest BCUT2D eigenvalue weighted by Gasteiger charge is 1.91. The van der Waals surface area contributed by atoms with Crippen LogP contribution in [0.2, 0.25) is 0 Å². The average molecular weight is 131 g/mol. The predicted molar refractivity (Wildman–Crippen MR) is 34.0 cm³/mol. The summed E-state index contributed by atoms with van der Waals surface area (Å²) in [5.74, 6) is 0. The molecule has 0 saturated carbocycles. The molecule has 0 aliphatic carbocycles. The van der Waals surface area contributed by atoms with Crippen molar-refractivity contribution in [3.8, 4) is 0 Å². The van der Waals surface area contributed by atoms with Crippen molar-refractivity contribution in [2.24, 2.45) is 0 Å². The fourth-order valence-corrected chi connectivity index (χ4v) is 0.687. The summed E-state index contributed by atoms with van der Waals surface area (Å²) in [5.41, 5.74) is 0.581. The van der Waals surface area contributed by atoms with Crippen LogP contribution in [0.3, 0.4) is 0 Å². The molecule has 4 nitrogen and oxygen atoms in total. The predicted octanol–water partition coefficient (Wildman–Crippen LogP) is 0.220. The third kappa shape index (κ3) is 0.699. The Hall–Kier alpha value is -1.58. The third-order valence-corrected chi connectivity index (χ3v) is 1.12. The second kappa shape index (κ2) is 1.98. The lowest BCUT2D eigenvalue weighted by molar-refractivity contribution is 1.03. The molecule has 0 spiro atoms. The van der Waals surface area contributed by atoms with Crippen LogP contribution in [0.25, 0.3) is 11.0 Å². The summed E-state index contributed by atoms with van der Waals surface area (Å²) in [6.45, 7) is 0. The largest absolute Gasteiger partial charge is 0.244 e. The molecule has 0 amide bonds. The molecule has 2 heterocycles. The minimum absolute atomic E-state index is 0.581. The summed E-state index contributed by atoms with van der Waals surface area (Å²) >= 11 is 0. The first kappa shape index (κ1) is 5.22. The van der Waals surface area contributed by atoms with E-state index in [-0.39, 0.29) is 0 Å². The van der Waals surface area contributed by atoms with Crippen LogP contribution in [0.4, 0.5) is 0 Å². The van der Waals surface area contributed by atoms with Crippen molar-refractivity contribution in [3.05, 3.63) is 24.8 Å². The van der Waals surface area contributed by atoms with Crippen molar-refractivity contribution in [2.45, 2.75) is 0 Å². The van der Waals surface area contributed by atoms with Gasteiger partial charge in [0, 0.05) is 17.6 Å². The van der Waals surface area contributed by atoms with E-state index in [2.05, 4.69) is 26.2 Å². The van der Waals surface area contributed by atoms with Crippen LogP contribution >= 0.6 is 0 Å². The van der Waals surface area contributed by atoms with Gasteiger partial charge >= 0.3 is 0 Å². The van der Waals surface area contributed by atoms with Crippen LogP contribution in [-0.4, -0.2) is 20.2 Å². The summed E-state index contributed by atoms with van der Waals surface area (Å²) in [6, 6.07) is 2.85. The number of fused-ring (bicyclic) bond motifs is 1. The Balaban J connectivity index is 2.89. The molecule has 2 aromatic rings. The van der Waals surface area contributed by atoms with Crippen molar-refractivity contribution >= 4 is 11.0 Å². The number of rotatable bonds is 0. The van der Waals surface area contributed by atoms with Gasteiger partial charge in [-0.2, -0.15) is 5.10 Å². The molecule has 0 aliphatic heterocycles. The Morgan fingerprint density at radius 3 is 3.30 bits per heavy atom. The first-order valence-corrected chi connectivity index (χ1v) is 2.76. The van der Waals surface area contributed by atoms with E-state index in [0.717, 1.165) is 5.39 Å². The van der Waals surface area contributed by atoms with Crippen LogP contribution in [0.15, 0.2) is 18.7 Å². The molecular weight excluding hydrogens is 128 g/mol. The molecule has 0 aromatic carbocycles. The van der Waals surface area contributed by atoms with Gasteiger partial charge in [-0.1, -0.05) is 0 Å². The summed E-state index contributed by atoms with van der Waals surface area (Å²) < 4.78 is 0. The lowest BCUT2D eigenvalue weighted by Crippen LogP contribution is -1.86. The van der Waals surface area contributed by atoms with Crippen LogP contribution in [-0.2, 0) is 0 Å². The van der Waals surface area contributed by atoms with Crippen molar-refractivity contribution in [2.75, 3.05) is 0 Å². The lowest BCUT2D eigenvalue weighted by atomic mass is 10.4. The van der Waals surface area contributed by atoms with E-state index in [1.54, 1.807) is 6.20 Å². The molecule has 2 aromatic heterocycles. The van der Waals surface area contributed by atoms with E-state index in [1.807, 2.05) is 0 Å². The van der Waals surface area contributed by atoms with Crippen molar-refractivity contribution in [1.82, 2.24) is 20.2 Å². The molecule has 2 rings (SSSR count). The summed E-state index contributed by atoms with van der Waals surface area (Å²) in [4.78, 5) is 7.67. The van der Waals surface area contributed by atoms with Gasteiger partial charge < -0.3 is 0 Å². The molecule has 0 fully saturated rings. The SMILES string of the molecule is [c]1cnnc2ncncc12. The van der Waals surface area contributed by atoms with Gasteiger partial charge in [0.25, 0.3) is 0 Å². The highest BCUT2D eigenvalue weighted by Crippen LogP contribution is 2.00. The Morgan fingerprint density at radius 2 is 2.40 bits per heavy atom. The Kier molecular flexibility index (Phi) is 1.04. The zero-order valence-electron chi connectivity index (χ0n) is 5.02. The van der Waals surface area contributed by atoms with Crippen LogP contribution < -0.4 is 0 Å². The van der Waals surface area contributed by atoms with E-state index in [9.17, 15) is 0 Å². The second-order valence-corrected chi connectivity index (χ2v) is 1.75. The van der Waals surface area contributed by atoms with Gasteiger partial charge in [-0.15, -0.1) is 5.10 Å². The molecule has 4 heteroatoms. The molecule has 1 radical (unpaired) electrons. The van der Waals surface area contributed by atoms with Crippen LogP contribution in [0.1, 0.15) is 0 Å². The highest BCUT2D eigenvalue weighted by molar-refractivity contribution is 5.70. The maximum absolute atomic E-state index is 3.87. The van der Waals surface area contributed by atoms with E-state index < -0.39 is 0 Å². The molecule has 10 heavy (non-hydrogen) atoms. The Bertz CT molecular complexity index is 281. The van der Waals surface area contributed by atoms with Gasteiger partial charge in [-0.3, -0.25) is 0 Å². The second-order valence-electron chi connectivity index (χ2n) is 1.75. The van der Waals surface area contributed by atoms with Crippen LogP contribution in [0, 0.1) is 6.07 Å². The average Bonchev–Trinajstić information content (AvgIpc) is 2.05. The summed E-state index contributed by atoms with van der Waals surface area (Å²) in [7, 11) is 0. The van der Waals surface area contributed by atoms with Gasteiger partial charge in [-0.25, -0.2) is 9.97 Å². The maximum atomic E-state index is 3.87. The normalized spacial score (nSPS) is 10.0. The number of hydrogen-bond acceptors (Lipinski definition) is 4. The first-order valence-electron chi connectivity index (χ1n) is 2.76. The van der Waals surface area contributed by atoms with Crippen molar-refractivity contribution in [3.63, 3.8) is 0 Å². The fourth-order valence-electron chi connectivity index (χ4n) is 0.687. The van der Waals surface area contributed by atoms with Gasteiger partial charge in [0.15, 0.2) is 5.65 Å². The lowest BCUT2D eigenvalue weighted by Gasteiger charge is -1.88. The van der Waals surface area contributed by atoms with E-state index in [1.165, 1.54) is 12.5 Å². The molecule has 47 valence electrons. The molecule has 0 bridgehead atoms. The summed E-state index contributed by atoms with van der Waals surface area (Å²) in [6.07, 6.45) is 4.58. The molecule has 0 aliphatic rings. The summed E-state index contributed by atoms with van der Waals surface area (Å²) in [5, 5.41) is 8.16. The Morgan fingerprint density at radius 1 is 1.40 bits per heavy atom. The monoisotopic (exact) mass is 131 g/mol. The number of aromatic nitrogens is 4. The highest BCUT2D eigenvalue weighted by atomic mass is 15.1. The van der Waals surface area contributed by atoms with Gasteiger partial charge in [0.2, 0.25) is 0 Å². The first-order chi connectivity index (χ1) is 4.97. The third-order valence-electron chi connectivity index (χ3n) is 1.12.